The van der Waals surface area contributed by atoms with Crippen molar-refractivity contribution in [1.29, 1.82) is 0 Å². The first kappa shape index (κ1) is 18.0. The molecule has 5 heteroatoms. The van der Waals surface area contributed by atoms with Crippen LogP contribution >= 0.6 is 0 Å². The zero-order chi connectivity index (χ0) is 17.3. The van der Waals surface area contributed by atoms with Crippen molar-refractivity contribution in [2.24, 2.45) is 0 Å². The normalized spacial score (nSPS) is 16.8. The number of carbonyl (C=O) groups is 1. The van der Waals surface area contributed by atoms with Crippen LogP contribution in [-0.4, -0.2) is 28.4 Å². The molecule has 0 radical (unpaired) electrons. The molecule has 0 bridgehead atoms. The third-order valence-electron chi connectivity index (χ3n) is 4.13. The van der Waals surface area contributed by atoms with Crippen molar-refractivity contribution < 1.29 is 9.53 Å². The third-order valence-corrected chi connectivity index (χ3v) is 4.13. The molecule has 1 aromatic rings. The average molecular weight is 321 g/mol. The van der Waals surface area contributed by atoms with Gasteiger partial charge < -0.3 is 10.1 Å². The van der Waals surface area contributed by atoms with Crippen molar-refractivity contribution in [3.8, 4) is 0 Å². The minimum absolute atomic E-state index is 0.0592. The summed E-state index contributed by atoms with van der Waals surface area (Å²) in [5.74, 6) is 0.630. The molecular formula is C18H31N3O2. The van der Waals surface area contributed by atoms with E-state index in [-0.39, 0.29) is 29.6 Å². The van der Waals surface area contributed by atoms with Crippen LogP contribution in [0.25, 0.3) is 0 Å². The maximum atomic E-state index is 12.2. The Bertz CT molecular complexity index is 544. The lowest BCUT2D eigenvalue weighted by molar-refractivity contribution is -0.122. The highest BCUT2D eigenvalue weighted by molar-refractivity contribution is 5.91. The molecule has 1 fully saturated rings. The molecule has 23 heavy (non-hydrogen) atoms. The highest BCUT2D eigenvalue weighted by atomic mass is 16.5. The molecule has 5 nitrogen and oxygen atoms in total. The molecule has 0 spiro atoms. The van der Waals surface area contributed by atoms with Crippen molar-refractivity contribution in [2.45, 2.75) is 84.3 Å². The first-order valence-corrected chi connectivity index (χ1v) is 8.60. The van der Waals surface area contributed by atoms with Crippen LogP contribution in [0.15, 0.2) is 6.07 Å². The van der Waals surface area contributed by atoms with Crippen molar-refractivity contribution in [2.75, 3.05) is 11.9 Å². The topological polar surface area (TPSA) is 56.1 Å². The second-order valence-corrected chi connectivity index (χ2v) is 8.51. The van der Waals surface area contributed by atoms with Crippen LogP contribution in [0.5, 0.6) is 0 Å². The van der Waals surface area contributed by atoms with Crippen LogP contribution in [0.4, 0.5) is 5.82 Å². The smallest absolute Gasteiger partial charge is 0.251 e. The number of ether oxygens (including phenoxy) is 1. The van der Waals surface area contributed by atoms with E-state index in [4.69, 9.17) is 9.84 Å². The summed E-state index contributed by atoms with van der Waals surface area (Å²) in [5.41, 5.74) is 0.716. The molecule has 1 amide bonds. The number of rotatable bonds is 4. The average Bonchev–Trinajstić information content (AvgIpc) is 3.03. The Balaban J connectivity index is 2.07. The molecule has 0 aromatic carbocycles. The predicted molar refractivity (Wildman–Crippen MR) is 92.8 cm³/mol. The van der Waals surface area contributed by atoms with E-state index in [9.17, 15) is 4.79 Å². The van der Waals surface area contributed by atoms with Crippen molar-refractivity contribution in [3.05, 3.63) is 11.8 Å². The van der Waals surface area contributed by atoms with Gasteiger partial charge in [0.25, 0.3) is 5.91 Å². The minimum atomic E-state index is -0.196. The maximum absolute atomic E-state index is 12.2. The van der Waals surface area contributed by atoms with Crippen LogP contribution < -0.4 is 5.32 Å². The molecule has 1 saturated carbocycles. The monoisotopic (exact) mass is 321 g/mol. The van der Waals surface area contributed by atoms with Crippen LogP contribution in [-0.2, 0) is 20.5 Å². The third kappa shape index (κ3) is 4.80. The van der Waals surface area contributed by atoms with E-state index < -0.39 is 0 Å². The van der Waals surface area contributed by atoms with Gasteiger partial charge in [0.2, 0.25) is 0 Å². The highest BCUT2D eigenvalue weighted by Gasteiger charge is 2.26. The van der Waals surface area contributed by atoms with E-state index in [0.717, 1.165) is 24.4 Å². The first-order chi connectivity index (χ1) is 10.6. The molecule has 0 saturated heterocycles. The van der Waals surface area contributed by atoms with E-state index in [1.54, 1.807) is 0 Å². The summed E-state index contributed by atoms with van der Waals surface area (Å²) in [7, 11) is 0. The Morgan fingerprint density at radius 1 is 1.26 bits per heavy atom. The fourth-order valence-corrected chi connectivity index (χ4v) is 2.78. The Kier molecular flexibility index (Phi) is 5.19. The van der Waals surface area contributed by atoms with E-state index in [0.29, 0.717) is 0 Å². The van der Waals surface area contributed by atoms with E-state index >= 15 is 0 Å². The molecule has 1 aromatic heterocycles. The van der Waals surface area contributed by atoms with Crippen LogP contribution in [0.1, 0.15) is 72.9 Å². The SMILES string of the molecule is CC(C)(C)c1cc(NC(=O)COC2CCCC2)n(C(C)(C)C)n1. The number of hydrogen-bond donors (Lipinski definition) is 1. The summed E-state index contributed by atoms with van der Waals surface area (Å²) >= 11 is 0. The van der Waals surface area contributed by atoms with Gasteiger partial charge >= 0.3 is 0 Å². The standard InChI is InChI=1S/C18H31N3O2/c1-17(2,3)14-11-15(21(20-14)18(4,5)6)19-16(22)12-23-13-9-7-8-10-13/h11,13H,7-10,12H2,1-6H3,(H,19,22). The molecule has 1 heterocycles. The molecule has 1 aliphatic carbocycles. The van der Waals surface area contributed by atoms with Crippen molar-refractivity contribution >= 4 is 11.7 Å². The fourth-order valence-electron chi connectivity index (χ4n) is 2.78. The van der Waals surface area contributed by atoms with Crippen LogP contribution in [0.2, 0.25) is 0 Å². The number of nitrogens with zero attached hydrogens (tertiary/aromatic N) is 2. The Morgan fingerprint density at radius 2 is 1.87 bits per heavy atom. The van der Waals surface area contributed by atoms with Gasteiger partial charge in [-0.3, -0.25) is 4.79 Å². The molecule has 0 atom stereocenters. The number of amides is 1. The largest absolute Gasteiger partial charge is 0.368 e. The Labute approximate surface area is 139 Å². The van der Waals surface area contributed by atoms with Gasteiger partial charge in [-0.1, -0.05) is 33.6 Å². The van der Waals surface area contributed by atoms with Gasteiger partial charge in [0.05, 0.1) is 17.3 Å². The molecule has 0 aliphatic heterocycles. The lowest BCUT2D eigenvalue weighted by Crippen LogP contribution is -2.29. The lowest BCUT2D eigenvalue weighted by Gasteiger charge is -2.23. The van der Waals surface area contributed by atoms with E-state index in [1.165, 1.54) is 12.8 Å². The Morgan fingerprint density at radius 3 is 2.39 bits per heavy atom. The highest BCUT2D eigenvalue weighted by Crippen LogP contribution is 2.28. The summed E-state index contributed by atoms with van der Waals surface area (Å²) < 4.78 is 7.58. The zero-order valence-electron chi connectivity index (χ0n) is 15.4. The molecular weight excluding hydrogens is 290 g/mol. The van der Waals surface area contributed by atoms with Crippen molar-refractivity contribution in [1.82, 2.24) is 9.78 Å². The lowest BCUT2D eigenvalue weighted by atomic mass is 9.92. The van der Waals surface area contributed by atoms with E-state index in [1.807, 2.05) is 10.7 Å². The minimum Gasteiger partial charge on any atom is -0.368 e. The molecule has 130 valence electrons. The summed E-state index contributed by atoms with van der Waals surface area (Å²) in [6.45, 7) is 12.7. The second-order valence-electron chi connectivity index (χ2n) is 8.51. The number of carbonyl (C=O) groups excluding carboxylic acids is 1. The van der Waals surface area contributed by atoms with Crippen LogP contribution in [0, 0.1) is 0 Å². The number of hydrogen-bond acceptors (Lipinski definition) is 3. The summed E-state index contributed by atoms with van der Waals surface area (Å²) in [6, 6.07) is 1.97. The molecule has 0 unspecified atom stereocenters. The van der Waals surface area contributed by atoms with Gasteiger partial charge in [0, 0.05) is 11.5 Å². The maximum Gasteiger partial charge on any atom is 0.251 e. The quantitative estimate of drug-likeness (QED) is 0.917. The van der Waals surface area contributed by atoms with E-state index in [2.05, 4.69) is 46.9 Å². The second kappa shape index (κ2) is 6.63. The van der Waals surface area contributed by atoms with Gasteiger partial charge in [-0.25, -0.2) is 4.68 Å². The van der Waals surface area contributed by atoms with Gasteiger partial charge in [0.1, 0.15) is 12.4 Å². The molecule has 1 N–H and O–H groups in total. The fraction of sp³-hybridized carbons (Fsp3) is 0.778. The van der Waals surface area contributed by atoms with Crippen LogP contribution in [0.3, 0.4) is 0 Å². The summed E-state index contributed by atoms with van der Waals surface area (Å²) in [6.07, 6.45) is 4.80. The Hall–Kier alpha value is -1.36. The van der Waals surface area contributed by atoms with Gasteiger partial charge in [-0.05, 0) is 33.6 Å². The number of nitrogens with one attached hydrogen (secondary N) is 1. The molecule has 2 rings (SSSR count). The van der Waals surface area contributed by atoms with Gasteiger partial charge in [0.15, 0.2) is 0 Å². The number of aromatic nitrogens is 2. The predicted octanol–water partition coefficient (Wildman–Crippen LogP) is 3.83. The first-order valence-electron chi connectivity index (χ1n) is 8.60. The number of anilines is 1. The van der Waals surface area contributed by atoms with Crippen molar-refractivity contribution in [3.63, 3.8) is 0 Å². The van der Waals surface area contributed by atoms with Gasteiger partial charge in [-0.15, -0.1) is 0 Å². The summed E-state index contributed by atoms with van der Waals surface area (Å²) in [4.78, 5) is 12.2. The summed E-state index contributed by atoms with van der Waals surface area (Å²) in [5, 5.41) is 7.67. The molecule has 1 aliphatic rings. The zero-order valence-corrected chi connectivity index (χ0v) is 15.4. The van der Waals surface area contributed by atoms with Gasteiger partial charge in [-0.2, -0.15) is 5.10 Å².